The summed E-state index contributed by atoms with van der Waals surface area (Å²) in [5.41, 5.74) is 0. The summed E-state index contributed by atoms with van der Waals surface area (Å²) in [6.07, 6.45) is 0. The lowest BCUT2D eigenvalue weighted by atomic mass is 10.6. The molecular weight excluding hydrogens is 220 g/mol. The van der Waals surface area contributed by atoms with Crippen molar-refractivity contribution in [1.29, 1.82) is 0 Å². The highest BCUT2D eigenvalue weighted by Gasteiger charge is 1.99. The van der Waals surface area contributed by atoms with Crippen molar-refractivity contribution in [1.82, 2.24) is 10.6 Å². The van der Waals surface area contributed by atoms with E-state index in [4.69, 9.17) is 14.9 Å². The number of hydrogen-bond donors (Lipinski definition) is 4. The van der Waals surface area contributed by atoms with Crippen molar-refractivity contribution >= 4 is 17.7 Å². The molecule has 0 spiro atoms. The number of amides is 1. The van der Waals surface area contributed by atoms with Crippen LogP contribution in [0.25, 0.3) is 0 Å². The van der Waals surface area contributed by atoms with E-state index in [9.17, 15) is 4.79 Å². The molecule has 0 aromatic rings. The molecule has 0 saturated heterocycles. The third-order valence-corrected chi connectivity index (χ3v) is 2.13. The van der Waals surface area contributed by atoms with Gasteiger partial charge in [0.1, 0.15) is 0 Å². The van der Waals surface area contributed by atoms with E-state index in [0.29, 0.717) is 25.0 Å². The number of ether oxygens (including phenoxy) is 1. The van der Waals surface area contributed by atoms with Crippen molar-refractivity contribution in [2.75, 3.05) is 44.7 Å². The Bertz CT molecular complexity index is 160. The average molecular weight is 238 g/mol. The Morgan fingerprint density at radius 1 is 1.27 bits per heavy atom. The van der Waals surface area contributed by atoms with Crippen LogP contribution in [0.4, 0.5) is 0 Å². The SMILES string of the molecule is O=C(CSCOCNCCO)NCCO. The largest absolute Gasteiger partial charge is 0.395 e. The Morgan fingerprint density at radius 3 is 2.67 bits per heavy atom. The van der Waals surface area contributed by atoms with Gasteiger partial charge in [0.15, 0.2) is 0 Å². The molecule has 6 nitrogen and oxygen atoms in total. The molecule has 0 aliphatic carbocycles. The van der Waals surface area contributed by atoms with Gasteiger partial charge in [-0.3, -0.25) is 10.1 Å². The molecule has 0 heterocycles. The first-order chi connectivity index (χ1) is 7.31. The summed E-state index contributed by atoms with van der Waals surface area (Å²) < 4.78 is 5.10. The van der Waals surface area contributed by atoms with Crippen LogP contribution in [0.5, 0.6) is 0 Å². The minimum Gasteiger partial charge on any atom is -0.395 e. The van der Waals surface area contributed by atoms with Gasteiger partial charge in [0.05, 0.1) is 31.6 Å². The van der Waals surface area contributed by atoms with Gasteiger partial charge >= 0.3 is 0 Å². The monoisotopic (exact) mass is 238 g/mol. The molecule has 15 heavy (non-hydrogen) atoms. The number of nitrogens with one attached hydrogen (secondary N) is 2. The van der Waals surface area contributed by atoms with E-state index in [1.54, 1.807) is 0 Å². The summed E-state index contributed by atoms with van der Waals surface area (Å²) in [6.45, 7) is 1.20. The molecule has 0 aliphatic rings. The number of rotatable bonds is 10. The first kappa shape index (κ1) is 14.7. The predicted octanol–water partition coefficient (Wildman–Crippen LogP) is -1.66. The van der Waals surface area contributed by atoms with Crippen LogP contribution < -0.4 is 10.6 Å². The van der Waals surface area contributed by atoms with Crippen molar-refractivity contribution in [3.63, 3.8) is 0 Å². The molecule has 4 N–H and O–H groups in total. The summed E-state index contributed by atoms with van der Waals surface area (Å²) in [5, 5.41) is 22.2. The molecule has 0 radical (unpaired) electrons. The first-order valence-electron chi connectivity index (χ1n) is 4.66. The highest BCUT2D eigenvalue weighted by molar-refractivity contribution is 7.99. The van der Waals surface area contributed by atoms with Crippen LogP contribution in [0.2, 0.25) is 0 Å². The van der Waals surface area contributed by atoms with Crippen LogP contribution >= 0.6 is 11.8 Å². The molecule has 0 aliphatic heterocycles. The van der Waals surface area contributed by atoms with Gasteiger partial charge in [0.25, 0.3) is 0 Å². The first-order valence-corrected chi connectivity index (χ1v) is 5.81. The van der Waals surface area contributed by atoms with Crippen LogP contribution in [-0.4, -0.2) is 60.8 Å². The van der Waals surface area contributed by atoms with Crippen LogP contribution in [0.1, 0.15) is 0 Å². The van der Waals surface area contributed by atoms with E-state index in [1.165, 1.54) is 11.8 Å². The fraction of sp³-hybridized carbons (Fsp3) is 0.875. The van der Waals surface area contributed by atoms with Gasteiger partial charge in [0.2, 0.25) is 5.91 Å². The zero-order chi connectivity index (χ0) is 11.4. The molecule has 0 bridgehead atoms. The van der Waals surface area contributed by atoms with Gasteiger partial charge in [-0.2, -0.15) is 0 Å². The summed E-state index contributed by atoms with van der Waals surface area (Å²) in [5.74, 6) is 0.631. The van der Waals surface area contributed by atoms with Crippen LogP contribution in [0.3, 0.4) is 0 Å². The molecule has 0 aromatic heterocycles. The van der Waals surface area contributed by atoms with Gasteiger partial charge in [0, 0.05) is 13.1 Å². The van der Waals surface area contributed by atoms with Crippen LogP contribution in [-0.2, 0) is 9.53 Å². The quantitative estimate of drug-likeness (QED) is 0.269. The number of thioether (sulfide) groups is 1. The Balaban J connectivity index is 3.06. The third kappa shape index (κ3) is 11.6. The lowest BCUT2D eigenvalue weighted by Gasteiger charge is -2.05. The summed E-state index contributed by atoms with van der Waals surface area (Å²) in [4.78, 5) is 11.0. The van der Waals surface area contributed by atoms with E-state index in [0.717, 1.165) is 0 Å². The Morgan fingerprint density at radius 2 is 2.00 bits per heavy atom. The number of carbonyl (C=O) groups excluding carboxylic acids is 1. The van der Waals surface area contributed by atoms with Gasteiger partial charge in [-0.1, -0.05) is 0 Å². The lowest BCUT2D eigenvalue weighted by molar-refractivity contribution is -0.118. The van der Waals surface area contributed by atoms with Crippen molar-refractivity contribution in [2.45, 2.75) is 0 Å². The lowest BCUT2D eigenvalue weighted by Crippen LogP contribution is -2.28. The summed E-state index contributed by atoms with van der Waals surface area (Å²) in [7, 11) is 0. The molecule has 0 aromatic carbocycles. The Hall–Kier alpha value is -0.340. The molecular formula is C8H18N2O4S. The smallest absolute Gasteiger partial charge is 0.230 e. The van der Waals surface area contributed by atoms with E-state index in [1.807, 2.05) is 0 Å². The Labute approximate surface area is 93.4 Å². The predicted molar refractivity (Wildman–Crippen MR) is 58.5 cm³/mol. The molecule has 0 atom stereocenters. The molecule has 0 unspecified atom stereocenters. The number of carbonyl (C=O) groups is 1. The zero-order valence-corrected chi connectivity index (χ0v) is 9.39. The average Bonchev–Trinajstić information content (AvgIpc) is 2.25. The third-order valence-electron chi connectivity index (χ3n) is 1.33. The van der Waals surface area contributed by atoms with Gasteiger partial charge in [-0.05, 0) is 0 Å². The molecule has 7 heteroatoms. The molecule has 1 amide bonds. The number of hydrogen-bond acceptors (Lipinski definition) is 6. The standard InChI is InChI=1S/C8H18N2O4S/c11-3-1-9-6-14-7-15-5-8(13)10-2-4-12/h9,11-12H,1-7H2,(H,10,13). The highest BCUT2D eigenvalue weighted by Crippen LogP contribution is 1.98. The van der Waals surface area contributed by atoms with Gasteiger partial charge < -0.3 is 20.3 Å². The summed E-state index contributed by atoms with van der Waals surface area (Å²) in [6, 6.07) is 0. The highest BCUT2D eigenvalue weighted by atomic mass is 32.2. The van der Waals surface area contributed by atoms with E-state index >= 15 is 0 Å². The zero-order valence-electron chi connectivity index (χ0n) is 8.57. The Kier molecular flexibility index (Phi) is 11.5. The maximum Gasteiger partial charge on any atom is 0.230 e. The fourth-order valence-corrected chi connectivity index (χ4v) is 1.28. The van der Waals surface area contributed by atoms with E-state index < -0.39 is 0 Å². The maximum atomic E-state index is 11.0. The normalized spacial score (nSPS) is 10.3. The van der Waals surface area contributed by atoms with Crippen LogP contribution in [0.15, 0.2) is 0 Å². The van der Waals surface area contributed by atoms with Crippen molar-refractivity contribution in [3.8, 4) is 0 Å². The minimum absolute atomic E-state index is 0.0437. The van der Waals surface area contributed by atoms with Crippen molar-refractivity contribution in [2.24, 2.45) is 0 Å². The molecule has 0 saturated carbocycles. The minimum atomic E-state index is -0.110. The number of aliphatic hydroxyl groups is 2. The number of aliphatic hydroxyl groups excluding tert-OH is 2. The second-order valence-electron chi connectivity index (χ2n) is 2.61. The van der Waals surface area contributed by atoms with Gasteiger partial charge in [-0.25, -0.2) is 0 Å². The van der Waals surface area contributed by atoms with Crippen molar-refractivity contribution in [3.05, 3.63) is 0 Å². The second kappa shape index (κ2) is 11.7. The van der Waals surface area contributed by atoms with E-state index in [-0.39, 0.29) is 25.7 Å². The topological polar surface area (TPSA) is 90.8 Å². The molecule has 0 rings (SSSR count). The van der Waals surface area contributed by atoms with E-state index in [2.05, 4.69) is 10.6 Å². The van der Waals surface area contributed by atoms with Crippen LogP contribution in [0, 0.1) is 0 Å². The fourth-order valence-electron chi connectivity index (χ4n) is 0.705. The van der Waals surface area contributed by atoms with Crippen molar-refractivity contribution < 1.29 is 19.7 Å². The van der Waals surface area contributed by atoms with Gasteiger partial charge in [-0.15, -0.1) is 11.8 Å². The summed E-state index contributed by atoms with van der Waals surface area (Å²) >= 11 is 1.35. The maximum absolute atomic E-state index is 11.0. The molecule has 0 fully saturated rings. The second-order valence-corrected chi connectivity index (χ2v) is 3.54. The molecule has 90 valence electrons.